The quantitative estimate of drug-likeness (QED) is 0.786. The van der Waals surface area contributed by atoms with E-state index in [-0.39, 0.29) is 24.3 Å². The van der Waals surface area contributed by atoms with Gasteiger partial charge in [0.2, 0.25) is 11.8 Å². The minimum absolute atomic E-state index is 0.0360. The Bertz CT molecular complexity index is 910. The zero-order valence-electron chi connectivity index (χ0n) is 17.0. The molecule has 2 aromatic carbocycles. The number of likely N-dealkylation sites (N-methyl/N-ethyl adjacent to an activating group) is 1. The second-order valence-corrected chi connectivity index (χ2v) is 7.34. The first-order valence-corrected chi connectivity index (χ1v) is 9.98. The fourth-order valence-corrected chi connectivity index (χ4v) is 3.54. The van der Waals surface area contributed by atoms with Crippen LogP contribution in [-0.4, -0.2) is 47.7 Å². The van der Waals surface area contributed by atoms with Crippen molar-refractivity contribution in [3.05, 3.63) is 65.2 Å². The molecule has 2 aromatic rings. The molecule has 1 saturated heterocycles. The molecule has 0 aliphatic carbocycles. The van der Waals surface area contributed by atoms with Gasteiger partial charge in [-0.05, 0) is 42.2 Å². The van der Waals surface area contributed by atoms with Gasteiger partial charge in [-0.15, -0.1) is 0 Å². The van der Waals surface area contributed by atoms with Crippen molar-refractivity contribution in [1.82, 2.24) is 9.80 Å². The van der Waals surface area contributed by atoms with E-state index in [9.17, 15) is 14.4 Å². The lowest BCUT2D eigenvalue weighted by atomic mass is 10.1. The van der Waals surface area contributed by atoms with E-state index in [2.05, 4.69) is 5.32 Å². The molecule has 0 bridgehead atoms. The third kappa shape index (κ3) is 5.22. The van der Waals surface area contributed by atoms with Gasteiger partial charge in [-0.2, -0.15) is 0 Å². The van der Waals surface area contributed by atoms with Gasteiger partial charge in [-0.1, -0.05) is 37.3 Å². The van der Waals surface area contributed by atoms with Crippen LogP contribution in [0.1, 0.15) is 41.3 Å². The Morgan fingerprint density at radius 3 is 2.66 bits per heavy atom. The van der Waals surface area contributed by atoms with Crippen LogP contribution in [0.5, 0.6) is 0 Å². The lowest BCUT2D eigenvalue weighted by molar-refractivity contribution is -0.128. The van der Waals surface area contributed by atoms with E-state index in [1.165, 1.54) is 4.90 Å². The normalized spacial score (nSPS) is 13.4. The summed E-state index contributed by atoms with van der Waals surface area (Å²) in [5, 5.41) is 2.89. The highest BCUT2D eigenvalue weighted by molar-refractivity contribution is 5.99. The van der Waals surface area contributed by atoms with E-state index in [0.29, 0.717) is 18.5 Å². The predicted octanol–water partition coefficient (Wildman–Crippen LogP) is 3.08. The number of likely N-dealkylation sites (tertiary alicyclic amines) is 1. The van der Waals surface area contributed by atoms with Gasteiger partial charge in [0.1, 0.15) is 0 Å². The molecule has 3 rings (SSSR count). The summed E-state index contributed by atoms with van der Waals surface area (Å²) < 4.78 is 0. The van der Waals surface area contributed by atoms with Crippen LogP contribution in [0.15, 0.2) is 48.5 Å². The predicted molar refractivity (Wildman–Crippen MR) is 113 cm³/mol. The van der Waals surface area contributed by atoms with E-state index in [0.717, 1.165) is 36.2 Å². The van der Waals surface area contributed by atoms with Gasteiger partial charge in [-0.3, -0.25) is 14.4 Å². The smallest absolute Gasteiger partial charge is 0.254 e. The molecule has 0 aromatic heterocycles. The number of rotatable bonds is 7. The van der Waals surface area contributed by atoms with Gasteiger partial charge in [0, 0.05) is 37.8 Å². The fourth-order valence-electron chi connectivity index (χ4n) is 3.54. The summed E-state index contributed by atoms with van der Waals surface area (Å²) in [7, 11) is 1.62. The van der Waals surface area contributed by atoms with Gasteiger partial charge < -0.3 is 15.1 Å². The van der Waals surface area contributed by atoms with Crippen LogP contribution < -0.4 is 5.32 Å². The average molecular weight is 393 g/mol. The maximum atomic E-state index is 12.8. The summed E-state index contributed by atoms with van der Waals surface area (Å²) in [5.41, 5.74) is 3.26. The lowest BCUT2D eigenvalue weighted by Gasteiger charge is -2.19. The highest BCUT2D eigenvalue weighted by atomic mass is 16.2. The minimum Gasteiger partial charge on any atom is -0.338 e. The Balaban J connectivity index is 1.61. The van der Waals surface area contributed by atoms with Crippen LogP contribution in [0.4, 0.5) is 5.69 Å². The lowest BCUT2D eigenvalue weighted by Crippen LogP contribution is -2.35. The van der Waals surface area contributed by atoms with Crippen molar-refractivity contribution in [3.8, 4) is 0 Å². The molecule has 6 nitrogen and oxygen atoms in total. The van der Waals surface area contributed by atoms with Crippen LogP contribution >= 0.6 is 0 Å². The van der Waals surface area contributed by atoms with Crippen molar-refractivity contribution < 1.29 is 14.4 Å². The largest absolute Gasteiger partial charge is 0.338 e. The van der Waals surface area contributed by atoms with Crippen LogP contribution in [0.25, 0.3) is 0 Å². The summed E-state index contributed by atoms with van der Waals surface area (Å²) in [6.45, 7) is 3.27. The molecule has 0 unspecified atom stereocenters. The number of nitrogens with one attached hydrogen (secondary N) is 1. The molecule has 3 amide bonds. The highest BCUT2D eigenvalue weighted by Crippen LogP contribution is 2.17. The van der Waals surface area contributed by atoms with Gasteiger partial charge in [-0.25, -0.2) is 0 Å². The second-order valence-electron chi connectivity index (χ2n) is 7.34. The molecular weight excluding hydrogens is 366 g/mol. The molecule has 6 heteroatoms. The minimum atomic E-state index is -0.236. The average Bonchev–Trinajstić information content (AvgIpc) is 3.12. The van der Waals surface area contributed by atoms with Crippen molar-refractivity contribution in [2.75, 3.05) is 25.5 Å². The van der Waals surface area contributed by atoms with E-state index in [1.54, 1.807) is 19.2 Å². The number of para-hydroxylation sites is 1. The Labute approximate surface area is 171 Å². The number of carbonyl (C=O) groups excluding carboxylic acids is 3. The zero-order valence-corrected chi connectivity index (χ0v) is 17.0. The second kappa shape index (κ2) is 9.37. The number of carbonyl (C=O) groups is 3. The number of amides is 3. The van der Waals surface area contributed by atoms with Crippen molar-refractivity contribution in [1.29, 1.82) is 0 Å². The Morgan fingerprint density at radius 1 is 1.14 bits per heavy atom. The van der Waals surface area contributed by atoms with E-state index in [4.69, 9.17) is 0 Å². The van der Waals surface area contributed by atoms with Crippen molar-refractivity contribution >= 4 is 23.4 Å². The molecule has 1 N–H and O–H groups in total. The first-order valence-electron chi connectivity index (χ1n) is 9.98. The Morgan fingerprint density at radius 2 is 1.93 bits per heavy atom. The van der Waals surface area contributed by atoms with Gasteiger partial charge in [0.25, 0.3) is 5.91 Å². The number of anilines is 1. The van der Waals surface area contributed by atoms with Crippen LogP contribution in [0.2, 0.25) is 0 Å². The van der Waals surface area contributed by atoms with Gasteiger partial charge in [0.15, 0.2) is 0 Å². The summed E-state index contributed by atoms with van der Waals surface area (Å²) in [6, 6.07) is 14.9. The first kappa shape index (κ1) is 20.6. The molecular formula is C23H27N3O3. The van der Waals surface area contributed by atoms with E-state index >= 15 is 0 Å². The maximum Gasteiger partial charge on any atom is 0.254 e. The highest BCUT2D eigenvalue weighted by Gasteiger charge is 2.21. The number of benzene rings is 2. The fraction of sp³-hybridized carbons (Fsp3) is 0.348. The van der Waals surface area contributed by atoms with Crippen LogP contribution in [0.3, 0.4) is 0 Å². The number of hydrogen-bond acceptors (Lipinski definition) is 3. The number of hydrogen-bond donors (Lipinski definition) is 1. The first-order chi connectivity index (χ1) is 14.0. The zero-order chi connectivity index (χ0) is 20.8. The van der Waals surface area contributed by atoms with Gasteiger partial charge >= 0.3 is 0 Å². The third-order valence-corrected chi connectivity index (χ3v) is 5.12. The SMILES string of the molecule is CCc1ccccc1NC(=O)CN(C)C(=O)c1cccc(CN2CCCC2=O)c1. The van der Waals surface area contributed by atoms with Crippen LogP contribution in [0, 0.1) is 0 Å². The Kier molecular flexibility index (Phi) is 6.65. The standard InChI is InChI=1S/C23H27N3O3/c1-3-18-9-4-5-11-20(18)24-21(27)16-25(2)23(29)19-10-6-8-17(14-19)15-26-13-7-12-22(26)28/h4-6,8-11,14H,3,7,12-13,15-16H2,1-2H3,(H,24,27). The van der Waals surface area contributed by atoms with Gasteiger partial charge in [0.05, 0.1) is 6.54 Å². The molecule has 0 radical (unpaired) electrons. The third-order valence-electron chi connectivity index (χ3n) is 5.12. The summed E-state index contributed by atoms with van der Waals surface area (Å²) in [5.74, 6) is -0.304. The molecule has 1 aliphatic heterocycles. The maximum absolute atomic E-state index is 12.8. The monoisotopic (exact) mass is 393 g/mol. The van der Waals surface area contributed by atoms with Crippen molar-refractivity contribution in [2.45, 2.75) is 32.7 Å². The molecule has 152 valence electrons. The molecule has 0 spiro atoms. The molecule has 0 saturated carbocycles. The number of aryl methyl sites for hydroxylation is 1. The van der Waals surface area contributed by atoms with Crippen LogP contribution in [-0.2, 0) is 22.6 Å². The number of nitrogens with zero attached hydrogens (tertiary/aromatic N) is 2. The Hall–Kier alpha value is -3.15. The topological polar surface area (TPSA) is 69.7 Å². The van der Waals surface area contributed by atoms with E-state index in [1.807, 2.05) is 48.2 Å². The molecule has 1 fully saturated rings. The summed E-state index contributed by atoms with van der Waals surface area (Å²) in [4.78, 5) is 40.2. The van der Waals surface area contributed by atoms with E-state index < -0.39 is 0 Å². The summed E-state index contributed by atoms with van der Waals surface area (Å²) in [6.07, 6.45) is 2.30. The summed E-state index contributed by atoms with van der Waals surface area (Å²) >= 11 is 0. The molecule has 0 atom stereocenters. The molecule has 1 heterocycles. The molecule has 29 heavy (non-hydrogen) atoms. The van der Waals surface area contributed by atoms with Crippen molar-refractivity contribution in [3.63, 3.8) is 0 Å². The molecule has 1 aliphatic rings. The van der Waals surface area contributed by atoms with Crippen molar-refractivity contribution in [2.24, 2.45) is 0 Å².